The molecule has 0 bridgehead atoms. The minimum absolute atomic E-state index is 0.0825. The summed E-state index contributed by atoms with van der Waals surface area (Å²) in [6, 6.07) is 14.4. The number of benzene rings is 2. The van der Waals surface area contributed by atoms with Crippen LogP contribution >= 0.6 is 11.6 Å². The van der Waals surface area contributed by atoms with Crippen LogP contribution in [-0.2, 0) is 39.5 Å². The van der Waals surface area contributed by atoms with Crippen LogP contribution in [0.15, 0.2) is 71.8 Å². The third-order valence-electron chi connectivity index (χ3n) is 5.01. The molecule has 0 spiro atoms. The van der Waals surface area contributed by atoms with Crippen LogP contribution in [0.2, 0.25) is 5.02 Å². The van der Waals surface area contributed by atoms with E-state index in [1.54, 1.807) is 30.3 Å². The number of pyridine rings is 1. The lowest BCUT2D eigenvalue weighted by atomic mass is 10.2. The van der Waals surface area contributed by atoms with Gasteiger partial charge in [-0.1, -0.05) is 54.1 Å². The van der Waals surface area contributed by atoms with Gasteiger partial charge < -0.3 is 0 Å². The van der Waals surface area contributed by atoms with Crippen LogP contribution in [0, 0.1) is 0 Å². The highest BCUT2D eigenvalue weighted by Crippen LogP contribution is 2.35. The number of anilines is 1. The third-order valence-corrected chi connectivity index (χ3v) is 8.50. The Morgan fingerprint density at radius 2 is 1.56 bits per heavy atom. The average Bonchev–Trinajstić information content (AvgIpc) is 2.81. The first-order valence-electron chi connectivity index (χ1n) is 10.3. The molecule has 0 aliphatic rings. The van der Waals surface area contributed by atoms with E-state index in [0.717, 1.165) is 8.61 Å². The molecular formula is C22H22ClF3N4O4S2. The van der Waals surface area contributed by atoms with Crippen LogP contribution in [-0.4, -0.2) is 40.2 Å². The second kappa shape index (κ2) is 10.7. The monoisotopic (exact) mass is 562 g/mol. The van der Waals surface area contributed by atoms with E-state index < -0.39 is 37.0 Å². The van der Waals surface area contributed by atoms with E-state index in [-0.39, 0.29) is 23.8 Å². The summed E-state index contributed by atoms with van der Waals surface area (Å²) in [7, 11) is -5.30. The molecule has 0 unspecified atom stereocenters. The topological polar surface area (TPSA) is 99.7 Å². The van der Waals surface area contributed by atoms with Gasteiger partial charge >= 0.3 is 6.18 Å². The van der Waals surface area contributed by atoms with Crippen LogP contribution in [0.4, 0.5) is 19.0 Å². The predicted octanol–water partition coefficient (Wildman–Crippen LogP) is 4.05. The molecule has 14 heteroatoms. The molecule has 1 heterocycles. The summed E-state index contributed by atoms with van der Waals surface area (Å²) in [5.74, 6) is -0.365. The highest BCUT2D eigenvalue weighted by atomic mass is 35.5. The van der Waals surface area contributed by atoms with Crippen molar-refractivity contribution in [3.05, 3.63) is 88.6 Å². The smallest absolute Gasteiger partial charge is 0.244 e. The van der Waals surface area contributed by atoms with Gasteiger partial charge in [0, 0.05) is 26.8 Å². The zero-order valence-corrected chi connectivity index (χ0v) is 21.5. The Morgan fingerprint density at radius 3 is 2.08 bits per heavy atom. The van der Waals surface area contributed by atoms with Crippen LogP contribution < -0.4 is 9.03 Å². The van der Waals surface area contributed by atoms with E-state index in [1.807, 2.05) is 0 Å². The van der Waals surface area contributed by atoms with Crippen molar-refractivity contribution in [3.63, 3.8) is 0 Å². The van der Waals surface area contributed by atoms with Crippen molar-refractivity contribution in [1.29, 1.82) is 0 Å². The first kappa shape index (κ1) is 27.9. The van der Waals surface area contributed by atoms with Crippen molar-refractivity contribution in [2.45, 2.75) is 24.2 Å². The van der Waals surface area contributed by atoms with Crippen LogP contribution in [0.3, 0.4) is 0 Å². The normalized spacial score (nSPS) is 12.6. The zero-order chi connectivity index (χ0) is 26.7. The van der Waals surface area contributed by atoms with Crippen molar-refractivity contribution >= 4 is 37.7 Å². The molecule has 194 valence electrons. The van der Waals surface area contributed by atoms with E-state index in [9.17, 15) is 30.0 Å². The van der Waals surface area contributed by atoms with Crippen LogP contribution in [0.25, 0.3) is 0 Å². The fourth-order valence-corrected chi connectivity index (χ4v) is 5.35. The molecule has 0 saturated heterocycles. The highest BCUT2D eigenvalue weighted by molar-refractivity contribution is 7.92. The largest absolute Gasteiger partial charge is 0.417 e. The van der Waals surface area contributed by atoms with Gasteiger partial charge in [0.25, 0.3) is 20.2 Å². The molecule has 0 aliphatic carbocycles. The Morgan fingerprint density at radius 1 is 0.944 bits per heavy atom. The number of aromatic nitrogens is 1. The number of alkyl halides is 3. The number of nitrogens with one attached hydrogen (secondary N) is 1. The van der Waals surface area contributed by atoms with Gasteiger partial charge in [0.1, 0.15) is 0 Å². The van der Waals surface area contributed by atoms with Gasteiger partial charge in [0.2, 0.25) is 0 Å². The minimum atomic E-state index is -4.71. The second-order valence-corrected chi connectivity index (χ2v) is 12.0. The maximum atomic E-state index is 13.6. The molecule has 0 aliphatic heterocycles. The fourth-order valence-electron chi connectivity index (χ4n) is 3.00. The SMILES string of the molecule is CN(C)S(=O)(=O)NCc1ccc(S(=O)(=O)N(Cc2ccccc2)c2ncc(C(F)(F)F)cc2Cl)cc1. The molecular weight excluding hydrogens is 541 g/mol. The van der Waals surface area contributed by atoms with Gasteiger partial charge in [0.05, 0.1) is 22.0 Å². The lowest BCUT2D eigenvalue weighted by molar-refractivity contribution is -0.137. The van der Waals surface area contributed by atoms with Crippen molar-refractivity contribution in [2.24, 2.45) is 0 Å². The van der Waals surface area contributed by atoms with Crippen molar-refractivity contribution in [1.82, 2.24) is 14.0 Å². The van der Waals surface area contributed by atoms with Crippen molar-refractivity contribution < 1.29 is 30.0 Å². The Kier molecular flexibility index (Phi) is 8.30. The number of rotatable bonds is 9. The average molecular weight is 563 g/mol. The van der Waals surface area contributed by atoms with Gasteiger partial charge in [-0.25, -0.2) is 17.7 Å². The Bertz CT molecular complexity index is 1420. The maximum Gasteiger partial charge on any atom is 0.417 e. The third kappa shape index (κ3) is 6.53. The van der Waals surface area contributed by atoms with Crippen molar-refractivity contribution in [3.8, 4) is 0 Å². The van der Waals surface area contributed by atoms with E-state index in [2.05, 4.69) is 9.71 Å². The molecule has 0 atom stereocenters. The van der Waals surface area contributed by atoms with E-state index in [0.29, 0.717) is 23.4 Å². The van der Waals surface area contributed by atoms with E-state index in [4.69, 9.17) is 11.6 Å². The van der Waals surface area contributed by atoms with Crippen molar-refractivity contribution in [2.75, 3.05) is 18.4 Å². The molecule has 1 aromatic heterocycles. The minimum Gasteiger partial charge on any atom is -0.244 e. The van der Waals surface area contributed by atoms with Gasteiger partial charge in [-0.3, -0.25) is 0 Å². The molecule has 36 heavy (non-hydrogen) atoms. The predicted molar refractivity (Wildman–Crippen MR) is 130 cm³/mol. The molecule has 3 rings (SSSR count). The highest BCUT2D eigenvalue weighted by Gasteiger charge is 2.34. The quantitative estimate of drug-likeness (QED) is 0.424. The number of sulfonamides is 1. The first-order chi connectivity index (χ1) is 16.7. The zero-order valence-electron chi connectivity index (χ0n) is 19.1. The van der Waals surface area contributed by atoms with Gasteiger partial charge in [-0.2, -0.15) is 30.6 Å². The molecule has 1 N–H and O–H groups in total. The molecule has 0 fully saturated rings. The molecule has 0 radical (unpaired) electrons. The lowest BCUT2D eigenvalue weighted by Crippen LogP contribution is -2.35. The maximum absolute atomic E-state index is 13.6. The standard InChI is InChI=1S/C22H22ClF3N4O4S2/c1-29(2)36(33,34)28-13-16-8-10-19(11-9-16)35(31,32)30(15-17-6-4-3-5-7-17)21-20(23)12-18(14-27-21)22(24,25)26/h3-12,14,28H,13,15H2,1-2H3. The van der Waals surface area contributed by atoms with E-state index >= 15 is 0 Å². The molecule has 2 aromatic carbocycles. The fraction of sp³-hybridized carbons (Fsp3) is 0.227. The summed E-state index contributed by atoms with van der Waals surface area (Å²) in [6.07, 6.45) is -4.18. The summed E-state index contributed by atoms with van der Waals surface area (Å²) in [5, 5.41) is -0.487. The van der Waals surface area contributed by atoms with Crippen LogP contribution in [0.1, 0.15) is 16.7 Å². The van der Waals surface area contributed by atoms with Crippen LogP contribution in [0.5, 0.6) is 0 Å². The second-order valence-electron chi connectivity index (χ2n) is 7.78. The number of nitrogens with zero attached hydrogens (tertiary/aromatic N) is 3. The summed E-state index contributed by atoms with van der Waals surface area (Å²) in [5.41, 5.74) is -0.0777. The molecule has 8 nitrogen and oxygen atoms in total. The summed E-state index contributed by atoms with van der Waals surface area (Å²) >= 11 is 6.09. The Labute approximate surface area is 212 Å². The van der Waals surface area contributed by atoms with Gasteiger partial charge in [0.15, 0.2) is 5.82 Å². The van der Waals surface area contributed by atoms with Gasteiger partial charge in [-0.15, -0.1) is 0 Å². The molecule has 0 saturated carbocycles. The summed E-state index contributed by atoms with van der Waals surface area (Å²) in [4.78, 5) is 3.55. The Balaban J connectivity index is 1.98. The lowest BCUT2D eigenvalue weighted by Gasteiger charge is -2.25. The number of hydrogen-bond acceptors (Lipinski definition) is 5. The van der Waals surface area contributed by atoms with E-state index in [1.165, 1.54) is 38.4 Å². The molecule has 0 amide bonds. The summed E-state index contributed by atoms with van der Waals surface area (Å²) < 4.78 is 94.4. The van der Waals surface area contributed by atoms with Gasteiger partial charge in [-0.05, 0) is 29.3 Å². The number of halogens is 4. The first-order valence-corrected chi connectivity index (χ1v) is 13.5. The Hall–Kier alpha value is -2.71. The summed E-state index contributed by atoms with van der Waals surface area (Å²) in [6.45, 7) is -0.327. The molecule has 3 aromatic rings. The number of hydrogen-bond donors (Lipinski definition) is 1.